The lowest BCUT2D eigenvalue weighted by atomic mass is 10.00. The van der Waals surface area contributed by atoms with Gasteiger partial charge in [-0.25, -0.2) is 0 Å². The number of nitrogens with two attached hydrogens (primary N) is 1. The Morgan fingerprint density at radius 3 is 2.48 bits per heavy atom. The van der Waals surface area contributed by atoms with Crippen LogP contribution in [0.15, 0.2) is 41.1 Å². The van der Waals surface area contributed by atoms with Gasteiger partial charge in [-0.2, -0.15) is 18.2 Å². The molecule has 3 rings (SSSR count). The summed E-state index contributed by atoms with van der Waals surface area (Å²) in [6.07, 6.45) is -3.24. The number of pyridine rings is 1. The van der Waals surface area contributed by atoms with Crippen LogP contribution in [0.5, 0.6) is 0 Å². The normalized spacial score (nSPS) is 11.7. The van der Waals surface area contributed by atoms with Crippen molar-refractivity contribution in [1.29, 1.82) is 0 Å². The van der Waals surface area contributed by atoms with E-state index in [2.05, 4.69) is 15.1 Å². The summed E-state index contributed by atoms with van der Waals surface area (Å²) in [5.74, 6) is 0.377. The summed E-state index contributed by atoms with van der Waals surface area (Å²) in [5, 5.41) is 3.64. The van der Waals surface area contributed by atoms with Crippen LogP contribution in [0.3, 0.4) is 0 Å². The van der Waals surface area contributed by atoms with Gasteiger partial charge in [-0.05, 0) is 18.2 Å². The van der Waals surface area contributed by atoms with Crippen LogP contribution in [0.4, 0.5) is 18.9 Å². The van der Waals surface area contributed by atoms with Crippen molar-refractivity contribution in [2.75, 3.05) is 5.73 Å². The molecule has 2 N–H and O–H groups in total. The molecule has 0 aliphatic carbocycles. The molecule has 0 amide bonds. The molecule has 0 saturated carbocycles. The molecule has 118 valence electrons. The summed E-state index contributed by atoms with van der Waals surface area (Å²) < 4.78 is 45.0. The number of nitrogen functional groups attached to an aromatic ring is 1. The van der Waals surface area contributed by atoms with Crippen molar-refractivity contribution < 1.29 is 17.7 Å². The smallest absolute Gasteiger partial charge is 0.397 e. The van der Waals surface area contributed by atoms with Crippen molar-refractivity contribution in [2.45, 2.75) is 13.1 Å². The topological polar surface area (TPSA) is 77.8 Å². The fraction of sp³-hybridized carbons (Fsp3) is 0.133. The van der Waals surface area contributed by atoms with E-state index in [0.717, 1.165) is 6.07 Å². The Bertz CT molecular complexity index is 841. The Hall–Kier alpha value is -2.90. The maximum Gasteiger partial charge on any atom is 0.417 e. The Labute approximate surface area is 129 Å². The number of rotatable bonds is 2. The summed E-state index contributed by atoms with van der Waals surface area (Å²) in [7, 11) is 0. The zero-order valence-electron chi connectivity index (χ0n) is 11.9. The predicted octanol–water partition coefficient (Wildman–Crippen LogP) is 3.71. The lowest BCUT2D eigenvalue weighted by Crippen LogP contribution is -2.08. The number of halogens is 3. The molecule has 0 unspecified atom stereocenters. The van der Waals surface area contributed by atoms with Crippen LogP contribution in [-0.2, 0) is 6.18 Å². The minimum atomic E-state index is -4.55. The minimum Gasteiger partial charge on any atom is -0.397 e. The first-order valence-electron chi connectivity index (χ1n) is 6.58. The van der Waals surface area contributed by atoms with Crippen molar-refractivity contribution in [3.8, 4) is 22.6 Å². The third-order valence-corrected chi connectivity index (χ3v) is 3.17. The molecule has 0 radical (unpaired) electrons. The summed E-state index contributed by atoms with van der Waals surface area (Å²) in [5.41, 5.74) is 5.43. The third kappa shape index (κ3) is 3.01. The van der Waals surface area contributed by atoms with Gasteiger partial charge in [-0.15, -0.1) is 0 Å². The first kappa shape index (κ1) is 15.0. The number of alkyl halides is 3. The first-order valence-corrected chi connectivity index (χ1v) is 6.58. The third-order valence-electron chi connectivity index (χ3n) is 3.17. The first-order chi connectivity index (χ1) is 10.8. The molecule has 2 aromatic heterocycles. The van der Waals surface area contributed by atoms with Gasteiger partial charge in [0.1, 0.15) is 0 Å². The van der Waals surface area contributed by atoms with E-state index >= 15 is 0 Å². The number of aromatic nitrogens is 3. The summed E-state index contributed by atoms with van der Waals surface area (Å²) in [6, 6.07) is 6.75. The molecule has 0 aliphatic rings. The molecule has 0 fully saturated rings. The Balaban J connectivity index is 2.15. The molecular weight excluding hydrogens is 309 g/mol. The number of benzene rings is 1. The monoisotopic (exact) mass is 320 g/mol. The van der Waals surface area contributed by atoms with Gasteiger partial charge in [-0.3, -0.25) is 4.98 Å². The second-order valence-corrected chi connectivity index (χ2v) is 4.87. The van der Waals surface area contributed by atoms with Gasteiger partial charge in [0.05, 0.1) is 23.1 Å². The fourth-order valence-electron chi connectivity index (χ4n) is 2.12. The number of hydrogen-bond donors (Lipinski definition) is 1. The van der Waals surface area contributed by atoms with E-state index < -0.39 is 11.7 Å². The molecule has 0 spiro atoms. The molecule has 0 saturated heterocycles. The van der Waals surface area contributed by atoms with E-state index in [1.165, 1.54) is 30.5 Å². The zero-order valence-corrected chi connectivity index (χ0v) is 11.9. The number of hydrogen-bond acceptors (Lipinski definition) is 5. The number of nitrogens with zero attached hydrogens (tertiary/aromatic N) is 3. The average molecular weight is 320 g/mol. The van der Waals surface area contributed by atoms with Crippen molar-refractivity contribution in [2.24, 2.45) is 0 Å². The van der Waals surface area contributed by atoms with Crippen molar-refractivity contribution in [3.05, 3.63) is 48.0 Å². The van der Waals surface area contributed by atoms with Crippen molar-refractivity contribution >= 4 is 5.69 Å². The molecule has 2 heterocycles. The Morgan fingerprint density at radius 2 is 1.91 bits per heavy atom. The van der Waals surface area contributed by atoms with Gasteiger partial charge in [0.15, 0.2) is 0 Å². The van der Waals surface area contributed by atoms with Gasteiger partial charge in [0.2, 0.25) is 11.7 Å². The second kappa shape index (κ2) is 5.38. The van der Waals surface area contributed by atoms with Crippen LogP contribution in [0.1, 0.15) is 11.5 Å². The molecule has 1 aromatic carbocycles. The average Bonchev–Trinajstić information content (AvgIpc) is 2.93. The van der Waals surface area contributed by atoms with E-state index in [1.54, 1.807) is 6.92 Å². The largest absolute Gasteiger partial charge is 0.417 e. The van der Waals surface area contributed by atoms with Crippen LogP contribution < -0.4 is 5.73 Å². The maximum absolute atomic E-state index is 13.4. The van der Waals surface area contributed by atoms with Gasteiger partial charge < -0.3 is 10.3 Å². The Morgan fingerprint density at radius 1 is 1.13 bits per heavy atom. The van der Waals surface area contributed by atoms with E-state index in [1.807, 2.05) is 0 Å². The molecule has 0 aliphatic heterocycles. The molecular formula is C15H11F3N4O. The van der Waals surface area contributed by atoms with Crippen molar-refractivity contribution in [3.63, 3.8) is 0 Å². The van der Waals surface area contributed by atoms with E-state index in [4.69, 9.17) is 10.3 Å². The standard InChI is InChI=1S/C15H11F3N4O/c1-8-21-14(22-23-8)9-2-4-11(12(6-9)15(16,17)18)13-5-3-10(19)7-20-13/h2-7H,19H2,1H3. The second-order valence-electron chi connectivity index (χ2n) is 4.87. The van der Waals surface area contributed by atoms with Crippen LogP contribution in [0.2, 0.25) is 0 Å². The molecule has 5 nitrogen and oxygen atoms in total. The van der Waals surface area contributed by atoms with E-state index in [-0.39, 0.29) is 28.5 Å². The van der Waals surface area contributed by atoms with Crippen LogP contribution in [-0.4, -0.2) is 15.1 Å². The quantitative estimate of drug-likeness (QED) is 0.779. The van der Waals surface area contributed by atoms with E-state index in [9.17, 15) is 13.2 Å². The van der Waals surface area contributed by atoms with Gasteiger partial charge in [-0.1, -0.05) is 17.3 Å². The molecule has 0 bridgehead atoms. The van der Waals surface area contributed by atoms with Crippen LogP contribution in [0.25, 0.3) is 22.6 Å². The SMILES string of the molecule is Cc1nc(-c2ccc(-c3ccc(N)cn3)c(C(F)(F)F)c2)no1. The molecule has 3 aromatic rings. The number of anilines is 1. The van der Waals surface area contributed by atoms with Crippen LogP contribution >= 0.6 is 0 Å². The lowest BCUT2D eigenvalue weighted by molar-refractivity contribution is -0.137. The highest BCUT2D eigenvalue weighted by Crippen LogP contribution is 2.38. The molecule has 8 heteroatoms. The summed E-state index contributed by atoms with van der Waals surface area (Å²) >= 11 is 0. The highest BCUT2D eigenvalue weighted by molar-refractivity contribution is 5.70. The lowest BCUT2D eigenvalue weighted by Gasteiger charge is -2.13. The van der Waals surface area contributed by atoms with Gasteiger partial charge in [0, 0.05) is 18.1 Å². The summed E-state index contributed by atoms with van der Waals surface area (Å²) in [4.78, 5) is 7.90. The highest BCUT2D eigenvalue weighted by Gasteiger charge is 2.34. The summed E-state index contributed by atoms with van der Waals surface area (Å²) in [6.45, 7) is 1.56. The van der Waals surface area contributed by atoms with Crippen LogP contribution in [0, 0.1) is 6.92 Å². The minimum absolute atomic E-state index is 0.0403. The highest BCUT2D eigenvalue weighted by atomic mass is 19.4. The van der Waals surface area contributed by atoms with Gasteiger partial charge >= 0.3 is 6.18 Å². The zero-order chi connectivity index (χ0) is 16.6. The van der Waals surface area contributed by atoms with Gasteiger partial charge in [0.25, 0.3) is 0 Å². The van der Waals surface area contributed by atoms with E-state index in [0.29, 0.717) is 5.69 Å². The fourth-order valence-corrected chi connectivity index (χ4v) is 2.12. The maximum atomic E-state index is 13.4. The van der Waals surface area contributed by atoms with Crippen molar-refractivity contribution in [1.82, 2.24) is 15.1 Å². The Kier molecular flexibility index (Phi) is 3.51. The number of aryl methyl sites for hydroxylation is 1. The predicted molar refractivity (Wildman–Crippen MR) is 77.1 cm³/mol. The molecule has 0 atom stereocenters. The molecule has 23 heavy (non-hydrogen) atoms.